The molecule has 0 radical (unpaired) electrons. The van der Waals surface area contributed by atoms with E-state index in [9.17, 15) is 9.59 Å². The molecular formula is C26H27N3O4S. The molecule has 8 heteroatoms. The van der Waals surface area contributed by atoms with Gasteiger partial charge >= 0.3 is 5.97 Å². The maximum atomic E-state index is 12.7. The summed E-state index contributed by atoms with van der Waals surface area (Å²) in [5.74, 6) is -0.0418. The first-order chi connectivity index (χ1) is 16.4. The summed E-state index contributed by atoms with van der Waals surface area (Å²) in [7, 11) is 0. The average molecular weight is 478 g/mol. The van der Waals surface area contributed by atoms with Crippen LogP contribution in [0.4, 0.5) is 5.69 Å². The van der Waals surface area contributed by atoms with Crippen LogP contribution in [0.3, 0.4) is 0 Å². The number of anilines is 1. The SMILES string of the molecule is CCOC(=O)C1=C(C)N=C2SC=CN2[C@@H]1c1ccc(OCC(=O)Nc2cc(C)cc(C)c2)cc1. The van der Waals surface area contributed by atoms with Crippen LogP contribution in [0.2, 0.25) is 0 Å². The van der Waals surface area contributed by atoms with Crippen molar-refractivity contribution in [3.63, 3.8) is 0 Å². The molecule has 0 aliphatic carbocycles. The summed E-state index contributed by atoms with van der Waals surface area (Å²) in [5, 5.41) is 5.63. The monoisotopic (exact) mass is 477 g/mol. The molecule has 2 heterocycles. The van der Waals surface area contributed by atoms with E-state index in [0.29, 0.717) is 23.6 Å². The van der Waals surface area contributed by atoms with Crippen LogP contribution in [0.5, 0.6) is 5.75 Å². The lowest BCUT2D eigenvalue weighted by Gasteiger charge is -2.33. The number of amides is 1. The number of hydrogen-bond donors (Lipinski definition) is 1. The number of aryl methyl sites for hydroxylation is 2. The van der Waals surface area contributed by atoms with Gasteiger partial charge < -0.3 is 19.7 Å². The maximum Gasteiger partial charge on any atom is 0.338 e. The predicted octanol–water partition coefficient (Wildman–Crippen LogP) is 5.09. The van der Waals surface area contributed by atoms with E-state index in [-0.39, 0.29) is 24.5 Å². The molecule has 0 bridgehead atoms. The number of fused-ring (bicyclic) bond motifs is 1. The Morgan fingerprint density at radius 1 is 1.09 bits per heavy atom. The minimum atomic E-state index is -0.374. The molecule has 2 aromatic carbocycles. The normalized spacial score (nSPS) is 16.8. The second-order valence-corrected chi connectivity index (χ2v) is 8.98. The van der Waals surface area contributed by atoms with Crippen LogP contribution in [0.1, 0.15) is 36.6 Å². The van der Waals surface area contributed by atoms with Gasteiger partial charge in [0.05, 0.1) is 23.9 Å². The Bertz CT molecular complexity index is 1180. The topological polar surface area (TPSA) is 80.2 Å². The zero-order chi connectivity index (χ0) is 24.2. The van der Waals surface area contributed by atoms with Gasteiger partial charge in [-0.05, 0) is 74.1 Å². The number of aliphatic imine (C=N–C) groups is 1. The largest absolute Gasteiger partial charge is 0.484 e. The average Bonchev–Trinajstić information content (AvgIpc) is 3.24. The highest BCUT2D eigenvalue weighted by Crippen LogP contribution is 2.41. The number of amidine groups is 1. The van der Waals surface area contributed by atoms with Crippen molar-refractivity contribution in [1.29, 1.82) is 0 Å². The minimum absolute atomic E-state index is 0.106. The van der Waals surface area contributed by atoms with E-state index < -0.39 is 0 Å². The van der Waals surface area contributed by atoms with Crippen molar-refractivity contribution in [2.75, 3.05) is 18.5 Å². The van der Waals surface area contributed by atoms with Crippen molar-refractivity contribution in [2.45, 2.75) is 33.7 Å². The van der Waals surface area contributed by atoms with E-state index in [2.05, 4.69) is 16.4 Å². The summed E-state index contributed by atoms with van der Waals surface area (Å²) in [6, 6.07) is 12.9. The third-order valence-corrected chi connectivity index (χ3v) is 6.16. The summed E-state index contributed by atoms with van der Waals surface area (Å²) in [5.41, 5.74) is 4.98. The van der Waals surface area contributed by atoms with Gasteiger partial charge in [0, 0.05) is 11.9 Å². The maximum absolute atomic E-state index is 12.7. The van der Waals surface area contributed by atoms with E-state index in [1.807, 2.05) is 61.5 Å². The molecule has 0 spiro atoms. The Morgan fingerprint density at radius 2 is 1.79 bits per heavy atom. The lowest BCUT2D eigenvalue weighted by Crippen LogP contribution is -2.34. The van der Waals surface area contributed by atoms with Crippen LogP contribution in [0.15, 0.2) is 70.3 Å². The Morgan fingerprint density at radius 3 is 2.47 bits per heavy atom. The van der Waals surface area contributed by atoms with E-state index in [1.54, 1.807) is 19.1 Å². The lowest BCUT2D eigenvalue weighted by atomic mass is 9.95. The van der Waals surface area contributed by atoms with Crippen molar-refractivity contribution >= 4 is 34.5 Å². The molecule has 34 heavy (non-hydrogen) atoms. The third-order valence-electron chi connectivity index (χ3n) is 5.39. The van der Waals surface area contributed by atoms with Crippen LogP contribution in [0, 0.1) is 13.8 Å². The number of nitrogens with one attached hydrogen (secondary N) is 1. The summed E-state index contributed by atoms with van der Waals surface area (Å²) in [6.07, 6.45) is 1.92. The third kappa shape index (κ3) is 5.17. The second kappa shape index (κ2) is 10.2. The van der Waals surface area contributed by atoms with Crippen molar-refractivity contribution in [1.82, 2.24) is 4.90 Å². The number of benzene rings is 2. The van der Waals surface area contributed by atoms with E-state index in [0.717, 1.165) is 27.5 Å². The number of rotatable bonds is 7. The summed E-state index contributed by atoms with van der Waals surface area (Å²) in [6.45, 7) is 7.78. The first kappa shape index (κ1) is 23.6. The fourth-order valence-electron chi connectivity index (χ4n) is 4.04. The summed E-state index contributed by atoms with van der Waals surface area (Å²) in [4.78, 5) is 31.6. The molecule has 7 nitrogen and oxygen atoms in total. The number of carbonyl (C=O) groups is 2. The molecule has 176 valence electrons. The van der Waals surface area contributed by atoms with Gasteiger partial charge in [-0.2, -0.15) is 0 Å². The molecule has 2 aliphatic rings. The van der Waals surface area contributed by atoms with E-state index in [4.69, 9.17) is 9.47 Å². The zero-order valence-corrected chi connectivity index (χ0v) is 20.4. The molecule has 0 aromatic heterocycles. The number of allylic oxidation sites excluding steroid dienone is 1. The molecule has 0 unspecified atom stereocenters. The number of hydrogen-bond acceptors (Lipinski definition) is 7. The highest BCUT2D eigenvalue weighted by Gasteiger charge is 2.37. The molecule has 2 aliphatic heterocycles. The first-order valence-corrected chi connectivity index (χ1v) is 11.9. The van der Waals surface area contributed by atoms with E-state index >= 15 is 0 Å². The van der Waals surface area contributed by atoms with Crippen LogP contribution >= 0.6 is 11.8 Å². The number of thioether (sulfide) groups is 1. The van der Waals surface area contributed by atoms with Gasteiger partial charge in [0.15, 0.2) is 11.8 Å². The standard InChI is InChI=1S/C26H27N3O4S/c1-5-32-25(31)23-18(4)27-26-29(10-11-34-26)24(23)19-6-8-21(9-7-19)33-15-22(30)28-20-13-16(2)12-17(3)14-20/h6-14,24H,5,15H2,1-4H3,(H,28,30)/t24-/m1/s1. The van der Waals surface area contributed by atoms with Gasteiger partial charge in [-0.1, -0.05) is 30.0 Å². The van der Waals surface area contributed by atoms with E-state index in [1.165, 1.54) is 11.8 Å². The molecule has 2 aromatic rings. The number of carbonyl (C=O) groups excluding carboxylic acids is 2. The van der Waals surface area contributed by atoms with Crippen molar-refractivity contribution in [3.05, 3.63) is 82.0 Å². The molecule has 0 fully saturated rings. The highest BCUT2D eigenvalue weighted by molar-refractivity contribution is 8.16. The number of esters is 1. The van der Waals surface area contributed by atoms with Gasteiger partial charge in [0.25, 0.3) is 5.91 Å². The summed E-state index contributed by atoms with van der Waals surface area (Å²) >= 11 is 1.51. The molecule has 1 atom stereocenters. The smallest absolute Gasteiger partial charge is 0.338 e. The Hall–Kier alpha value is -3.52. The predicted molar refractivity (Wildman–Crippen MR) is 135 cm³/mol. The Kier molecular flexibility index (Phi) is 7.07. The van der Waals surface area contributed by atoms with Crippen molar-refractivity contribution < 1.29 is 19.1 Å². The fourth-order valence-corrected chi connectivity index (χ4v) is 4.83. The van der Waals surface area contributed by atoms with Crippen LogP contribution in [-0.2, 0) is 14.3 Å². The van der Waals surface area contributed by atoms with Crippen LogP contribution < -0.4 is 10.1 Å². The van der Waals surface area contributed by atoms with Gasteiger partial charge in [0.1, 0.15) is 5.75 Å². The molecular weight excluding hydrogens is 450 g/mol. The second-order valence-electron chi connectivity index (χ2n) is 8.11. The Labute approximate surface area is 203 Å². The van der Waals surface area contributed by atoms with Crippen molar-refractivity contribution in [2.24, 2.45) is 4.99 Å². The zero-order valence-electron chi connectivity index (χ0n) is 19.6. The summed E-state index contributed by atoms with van der Waals surface area (Å²) < 4.78 is 11.0. The number of nitrogens with zero attached hydrogens (tertiary/aromatic N) is 2. The fraction of sp³-hybridized carbons (Fsp3) is 0.269. The molecule has 0 saturated carbocycles. The molecule has 1 amide bonds. The van der Waals surface area contributed by atoms with Gasteiger partial charge in [-0.15, -0.1) is 0 Å². The van der Waals surface area contributed by atoms with Crippen molar-refractivity contribution in [3.8, 4) is 5.75 Å². The van der Waals surface area contributed by atoms with Gasteiger partial charge in [-0.25, -0.2) is 9.79 Å². The first-order valence-electron chi connectivity index (χ1n) is 11.0. The minimum Gasteiger partial charge on any atom is -0.484 e. The molecule has 0 saturated heterocycles. The highest BCUT2D eigenvalue weighted by atomic mass is 32.2. The molecule has 4 rings (SSSR count). The van der Waals surface area contributed by atoms with Gasteiger partial charge in [0.2, 0.25) is 0 Å². The Balaban J connectivity index is 1.46. The van der Waals surface area contributed by atoms with Crippen LogP contribution in [-0.4, -0.2) is 35.2 Å². The van der Waals surface area contributed by atoms with Crippen LogP contribution in [0.25, 0.3) is 0 Å². The number of ether oxygens (including phenoxy) is 2. The van der Waals surface area contributed by atoms with Gasteiger partial charge in [-0.3, -0.25) is 4.79 Å². The molecule has 1 N–H and O–H groups in total. The quantitative estimate of drug-likeness (QED) is 0.560. The lowest BCUT2D eigenvalue weighted by molar-refractivity contribution is -0.139.